The molecule has 0 radical (unpaired) electrons. The van der Waals surface area contributed by atoms with Gasteiger partial charge >= 0.3 is 0 Å². The predicted molar refractivity (Wildman–Crippen MR) is 153 cm³/mol. The first-order valence-electron chi connectivity index (χ1n) is 12.9. The highest BCUT2D eigenvalue weighted by molar-refractivity contribution is 7.89. The maximum absolute atomic E-state index is 13.9. The lowest BCUT2D eigenvalue weighted by Gasteiger charge is -2.23. The van der Waals surface area contributed by atoms with E-state index < -0.39 is 31.9 Å². The van der Waals surface area contributed by atoms with Crippen molar-refractivity contribution in [1.82, 2.24) is 13.6 Å². The van der Waals surface area contributed by atoms with Crippen LogP contribution in [-0.4, -0.2) is 68.4 Å². The second kappa shape index (κ2) is 12.8. The maximum Gasteiger partial charge on any atom is 0.266 e. The number of aromatic nitrogens is 1. The number of sulfonamides is 2. The number of nitrogens with zero attached hydrogens (tertiary/aromatic N) is 4. The molecule has 214 valence electrons. The zero-order valence-corrected chi connectivity index (χ0v) is 24.9. The summed E-state index contributed by atoms with van der Waals surface area (Å²) in [6, 6.07) is 14.3. The number of pyridine rings is 1. The highest BCUT2D eigenvalue weighted by Gasteiger charge is 2.31. The number of carbonyl (C=O) groups excluding carboxylic acids is 2. The minimum absolute atomic E-state index is 0.0430. The summed E-state index contributed by atoms with van der Waals surface area (Å²) in [5, 5.41) is 0. The zero-order valence-electron chi connectivity index (χ0n) is 23.2. The van der Waals surface area contributed by atoms with E-state index in [2.05, 4.69) is 4.98 Å². The second-order valence-corrected chi connectivity index (χ2v) is 12.7. The molecule has 0 bridgehead atoms. The predicted octanol–water partition coefficient (Wildman–Crippen LogP) is 3.94. The lowest BCUT2D eigenvalue weighted by molar-refractivity contribution is 0.0896. The molecule has 10 nitrogen and oxygen atoms in total. The first-order valence-corrected chi connectivity index (χ1v) is 15.8. The van der Waals surface area contributed by atoms with Gasteiger partial charge in [-0.1, -0.05) is 45.9 Å². The third-order valence-corrected chi connectivity index (χ3v) is 10.5. The van der Waals surface area contributed by atoms with Gasteiger partial charge in [0.2, 0.25) is 20.0 Å². The molecule has 2 aromatic carbocycles. The van der Waals surface area contributed by atoms with Gasteiger partial charge in [0.15, 0.2) is 0 Å². The number of rotatable bonds is 11. The minimum atomic E-state index is -3.87. The van der Waals surface area contributed by atoms with Crippen LogP contribution in [0.15, 0.2) is 76.7 Å². The Balaban J connectivity index is 2.15. The number of imide groups is 1. The maximum atomic E-state index is 13.9. The molecule has 1 heterocycles. The van der Waals surface area contributed by atoms with Gasteiger partial charge in [-0.25, -0.2) is 26.7 Å². The summed E-state index contributed by atoms with van der Waals surface area (Å²) in [5.41, 5.74) is 0.431. The van der Waals surface area contributed by atoms with Gasteiger partial charge < -0.3 is 0 Å². The van der Waals surface area contributed by atoms with E-state index in [0.29, 0.717) is 5.56 Å². The Morgan fingerprint density at radius 2 is 1.10 bits per heavy atom. The van der Waals surface area contributed by atoms with Crippen molar-refractivity contribution in [3.05, 3.63) is 83.6 Å². The second-order valence-electron chi connectivity index (χ2n) is 8.82. The summed E-state index contributed by atoms with van der Waals surface area (Å²) in [5.74, 6) is -1.56. The summed E-state index contributed by atoms with van der Waals surface area (Å²) in [4.78, 5) is 32.8. The number of amides is 2. The first kappa shape index (κ1) is 31.1. The molecule has 0 unspecified atom stereocenters. The summed E-state index contributed by atoms with van der Waals surface area (Å²) < 4.78 is 55.0. The molecule has 0 aliphatic heterocycles. The smallest absolute Gasteiger partial charge is 0.266 e. The molecule has 0 aliphatic carbocycles. The van der Waals surface area contributed by atoms with Crippen molar-refractivity contribution in [3.8, 4) is 0 Å². The van der Waals surface area contributed by atoms with E-state index in [-0.39, 0.29) is 52.9 Å². The Bertz CT molecular complexity index is 1500. The third-order valence-electron chi connectivity index (χ3n) is 6.45. The lowest BCUT2D eigenvalue weighted by Crippen LogP contribution is -2.38. The first-order chi connectivity index (χ1) is 18.9. The normalized spacial score (nSPS) is 12.1. The molecule has 0 saturated carbocycles. The van der Waals surface area contributed by atoms with Crippen molar-refractivity contribution in [1.29, 1.82) is 0 Å². The SMILES string of the molecule is CCN(CC)S(=O)(=O)c1cccc(C(=O)N(C(=O)c2cccc(S(=O)(=O)N(CC)CC)c2)c2ncccc2C)c1. The Labute approximate surface area is 236 Å². The molecular weight excluding hydrogens is 552 g/mol. The largest absolute Gasteiger partial charge is 0.268 e. The summed E-state index contributed by atoms with van der Waals surface area (Å²) in [6.07, 6.45) is 1.43. The van der Waals surface area contributed by atoms with Crippen molar-refractivity contribution in [3.63, 3.8) is 0 Å². The van der Waals surface area contributed by atoms with E-state index in [1.807, 2.05) is 0 Å². The van der Waals surface area contributed by atoms with Crippen LogP contribution in [0.1, 0.15) is 54.0 Å². The van der Waals surface area contributed by atoms with Crippen LogP contribution in [-0.2, 0) is 20.0 Å². The molecule has 0 aliphatic rings. The fourth-order valence-corrected chi connectivity index (χ4v) is 7.27. The average Bonchev–Trinajstić information content (AvgIpc) is 2.95. The van der Waals surface area contributed by atoms with E-state index in [1.165, 1.54) is 63.3 Å². The van der Waals surface area contributed by atoms with Crippen molar-refractivity contribution >= 4 is 37.7 Å². The number of hydrogen-bond acceptors (Lipinski definition) is 7. The third kappa shape index (κ3) is 6.15. The van der Waals surface area contributed by atoms with Gasteiger partial charge in [-0.2, -0.15) is 8.61 Å². The summed E-state index contributed by atoms with van der Waals surface area (Å²) in [6.45, 7) is 9.55. The van der Waals surface area contributed by atoms with Gasteiger partial charge in [-0.3, -0.25) is 9.59 Å². The van der Waals surface area contributed by atoms with Gasteiger partial charge in [0.05, 0.1) is 9.79 Å². The van der Waals surface area contributed by atoms with E-state index in [9.17, 15) is 26.4 Å². The molecule has 0 fully saturated rings. The highest BCUT2D eigenvalue weighted by atomic mass is 32.2. The topological polar surface area (TPSA) is 125 Å². The Morgan fingerprint density at radius 3 is 1.48 bits per heavy atom. The van der Waals surface area contributed by atoms with Crippen LogP contribution < -0.4 is 4.90 Å². The fraction of sp³-hybridized carbons (Fsp3) is 0.321. The van der Waals surface area contributed by atoms with Crippen LogP contribution in [0.5, 0.6) is 0 Å². The van der Waals surface area contributed by atoms with Gasteiger partial charge in [-0.15, -0.1) is 0 Å². The molecule has 3 rings (SSSR count). The number of benzene rings is 2. The van der Waals surface area contributed by atoms with Gasteiger partial charge in [0.25, 0.3) is 11.8 Å². The minimum Gasteiger partial charge on any atom is -0.268 e. The molecule has 0 saturated heterocycles. The van der Waals surface area contributed by atoms with Crippen molar-refractivity contribution in [2.24, 2.45) is 0 Å². The van der Waals surface area contributed by atoms with E-state index >= 15 is 0 Å². The number of hydrogen-bond donors (Lipinski definition) is 0. The molecule has 0 spiro atoms. The monoisotopic (exact) mass is 586 g/mol. The molecule has 1 aromatic heterocycles. The van der Waals surface area contributed by atoms with Crippen LogP contribution in [0.4, 0.5) is 5.82 Å². The van der Waals surface area contributed by atoms with Crippen molar-refractivity contribution < 1.29 is 26.4 Å². The Hall–Kier alpha value is -3.45. The summed E-state index contributed by atoms with van der Waals surface area (Å²) in [7, 11) is -7.75. The van der Waals surface area contributed by atoms with Crippen molar-refractivity contribution in [2.45, 2.75) is 44.4 Å². The molecule has 3 aromatic rings. The number of anilines is 1. The van der Waals surface area contributed by atoms with Crippen LogP contribution in [0.25, 0.3) is 0 Å². The number of carbonyl (C=O) groups is 2. The Kier molecular flexibility index (Phi) is 9.96. The molecular formula is C28H34N4O6S2. The van der Waals surface area contributed by atoms with Crippen molar-refractivity contribution in [2.75, 3.05) is 31.1 Å². The van der Waals surface area contributed by atoms with E-state index in [1.54, 1.807) is 46.8 Å². The molecule has 2 amide bonds. The average molecular weight is 587 g/mol. The molecule has 12 heteroatoms. The van der Waals surface area contributed by atoms with Crippen LogP contribution in [0, 0.1) is 6.92 Å². The fourth-order valence-electron chi connectivity index (χ4n) is 4.26. The van der Waals surface area contributed by atoms with Gasteiger partial charge in [0, 0.05) is 43.5 Å². The molecule has 0 atom stereocenters. The lowest BCUT2D eigenvalue weighted by atomic mass is 10.1. The van der Waals surface area contributed by atoms with E-state index in [0.717, 1.165) is 4.90 Å². The van der Waals surface area contributed by atoms with Gasteiger partial charge in [0.1, 0.15) is 5.82 Å². The standard InChI is InChI=1S/C28H34N4O6S2/c1-6-30(7-2)39(35,36)24-16-10-14-22(19-24)27(33)32(26-21(5)13-12-18-29-26)28(34)23-15-11-17-25(20-23)40(37,38)31(8-3)9-4/h10-20H,6-9H2,1-5H3. The molecule has 0 N–H and O–H groups in total. The highest BCUT2D eigenvalue weighted by Crippen LogP contribution is 2.25. The van der Waals surface area contributed by atoms with Crippen LogP contribution in [0.2, 0.25) is 0 Å². The zero-order chi connectivity index (χ0) is 29.7. The Morgan fingerprint density at radius 1 is 0.675 bits per heavy atom. The van der Waals surface area contributed by atoms with Gasteiger partial charge in [-0.05, 0) is 55.0 Å². The number of aryl methyl sites for hydroxylation is 1. The molecule has 40 heavy (non-hydrogen) atoms. The quantitative estimate of drug-likeness (QED) is 0.312. The van der Waals surface area contributed by atoms with E-state index in [4.69, 9.17) is 0 Å². The van der Waals surface area contributed by atoms with Crippen LogP contribution in [0.3, 0.4) is 0 Å². The van der Waals surface area contributed by atoms with Crippen LogP contribution >= 0.6 is 0 Å². The summed E-state index contributed by atoms with van der Waals surface area (Å²) >= 11 is 0.